The Labute approximate surface area is 461 Å². The smallest absolute Gasteiger partial charge is 0.200 e. The summed E-state index contributed by atoms with van der Waals surface area (Å²) in [6, 6.07) is 71.5. The van der Waals surface area contributed by atoms with Crippen LogP contribution >= 0.6 is 14.1 Å². The van der Waals surface area contributed by atoms with Crippen LogP contribution in [-0.2, 0) is 39.5 Å². The molecule has 1 aliphatic carbocycles. The SMILES string of the molecule is Cc1cc(C=NC2CCCCC2N=Cc2cc(C)cc(COCP(c3ccccc3)(c3ccccc3)=[N+](C)c3ccccc3)c2O)c(O)c(COCP(c2ccccc2)(c2ccccc2)=[N+](C)c2ccccc2)c1.[CH3-].[Co]. The largest absolute Gasteiger partial charge is 0.507 e. The molecule has 2 unspecified atom stereocenters. The zero-order chi connectivity index (χ0) is 51.3. The van der Waals surface area contributed by atoms with Gasteiger partial charge in [0, 0.05) is 96.9 Å². The van der Waals surface area contributed by atoms with Crippen molar-refractivity contribution in [1.82, 2.24) is 0 Å². The topological polar surface area (TPSA) is 89.7 Å². The molecule has 393 valence electrons. The van der Waals surface area contributed by atoms with Gasteiger partial charge in [-0.2, -0.15) is 0 Å². The minimum absolute atomic E-state index is 0. The van der Waals surface area contributed by atoms with Gasteiger partial charge in [-0.15, -0.1) is 0 Å². The van der Waals surface area contributed by atoms with Crippen molar-refractivity contribution in [3.8, 4) is 11.5 Å². The molecule has 1 radical (unpaired) electrons. The molecule has 11 heteroatoms. The fraction of sp³-hybridized carbons (Fsp3) is 0.215. The second kappa shape index (κ2) is 27.1. The van der Waals surface area contributed by atoms with E-state index in [4.69, 9.17) is 19.5 Å². The van der Waals surface area contributed by atoms with E-state index in [1.54, 1.807) is 0 Å². The number of hydrogen-bond acceptors (Lipinski definition) is 6. The van der Waals surface area contributed by atoms with E-state index in [2.05, 4.69) is 193 Å². The molecule has 0 aliphatic heterocycles. The number of para-hydroxylation sites is 2. The third kappa shape index (κ3) is 12.9. The molecule has 8 aromatic carbocycles. The second-order valence-electron chi connectivity index (χ2n) is 19.3. The Morgan fingerprint density at radius 3 is 1.07 bits per heavy atom. The van der Waals surface area contributed by atoms with Gasteiger partial charge in [-0.1, -0.05) is 134 Å². The van der Waals surface area contributed by atoms with Crippen molar-refractivity contribution in [2.24, 2.45) is 9.98 Å². The van der Waals surface area contributed by atoms with E-state index in [-0.39, 0.29) is 61.0 Å². The van der Waals surface area contributed by atoms with Crippen molar-refractivity contribution in [1.29, 1.82) is 0 Å². The number of phenolic OH excluding ortho intramolecular Hbond substituents is 2. The van der Waals surface area contributed by atoms with Crippen LogP contribution in [0.25, 0.3) is 0 Å². The molecule has 0 saturated heterocycles. The molecule has 2 N–H and O–H groups in total. The zero-order valence-corrected chi connectivity index (χ0v) is 47.2. The average molecular weight is 1090 g/mol. The van der Waals surface area contributed by atoms with Crippen LogP contribution < -0.4 is 21.2 Å². The molecule has 0 amide bonds. The number of benzene rings is 8. The molecule has 8 aromatic rings. The van der Waals surface area contributed by atoms with Gasteiger partial charge in [0.2, 0.25) is 11.4 Å². The van der Waals surface area contributed by atoms with Crippen LogP contribution in [0.5, 0.6) is 11.5 Å². The van der Waals surface area contributed by atoms with E-state index in [0.717, 1.165) is 59.3 Å². The maximum atomic E-state index is 11.9. The van der Waals surface area contributed by atoms with Gasteiger partial charge in [0.25, 0.3) is 0 Å². The molecule has 1 saturated carbocycles. The number of aliphatic imine (C=N–C) groups is 2. The fourth-order valence-corrected chi connectivity index (χ4v) is 17.7. The van der Waals surface area contributed by atoms with Crippen LogP contribution in [0.15, 0.2) is 216 Å². The summed E-state index contributed by atoms with van der Waals surface area (Å²) in [6.45, 7) is 4.55. The van der Waals surface area contributed by atoms with Gasteiger partial charge in [0.05, 0.1) is 25.3 Å². The third-order valence-corrected chi connectivity index (χ3v) is 22.6. The van der Waals surface area contributed by atoms with Crippen molar-refractivity contribution >= 4 is 59.1 Å². The molecule has 8 nitrogen and oxygen atoms in total. The molecule has 9 rings (SSSR count). The second-order valence-corrected chi connectivity index (χ2v) is 26.1. The number of aryl methyl sites for hydroxylation is 2. The fourth-order valence-electron chi connectivity index (χ4n) is 10.4. The standard InChI is InChI=1S/C64H66N4O4P2.CH3.Co/c1-49-39-51(63(69)53(41-49)45-71-47-73(57-29-15-7-16-30-57,58-31-17-8-18-32-58)67(3)55-25-11-5-12-26-55)43-65-61-37-23-24-38-62(61)66-44-52-40-50(2)42-54(64(52)70)46-72-48-74(59-33-19-9-20-34-59,60-35-21-10-22-36-60)68(4)56-27-13-6-14-28-56;;/h5-22,25-36,39-44,61-62H,23-24,37-38,45-48H2,1-4H3;1H3;/q;-1;/p+2. The van der Waals surface area contributed by atoms with Crippen LogP contribution in [0.2, 0.25) is 0 Å². The zero-order valence-electron chi connectivity index (χ0n) is 44.3. The molecular formula is C65H71CoN4O4P2+. The first-order valence-electron chi connectivity index (χ1n) is 25.6. The summed E-state index contributed by atoms with van der Waals surface area (Å²) in [4.78, 5) is 10.3. The summed E-state index contributed by atoms with van der Waals surface area (Å²) in [5.41, 5.74) is 7.01. The monoisotopic (exact) mass is 1090 g/mol. The number of rotatable bonds is 18. The minimum atomic E-state index is -2.34. The first kappa shape index (κ1) is 57.3. The number of phenols is 2. The van der Waals surface area contributed by atoms with E-state index in [9.17, 15) is 10.2 Å². The normalized spacial score (nSPS) is 14.7. The summed E-state index contributed by atoms with van der Waals surface area (Å²) in [5, 5.41) is 28.6. The predicted molar refractivity (Wildman–Crippen MR) is 315 cm³/mol. The third-order valence-electron chi connectivity index (χ3n) is 14.3. The van der Waals surface area contributed by atoms with Crippen molar-refractivity contribution in [2.45, 2.75) is 64.8 Å². The molecular weight excluding hydrogens is 1020 g/mol. The Morgan fingerprint density at radius 2 is 0.763 bits per heavy atom. The first-order valence-corrected chi connectivity index (χ1v) is 29.5. The average Bonchev–Trinajstić information content (AvgIpc) is 3.46. The molecule has 76 heavy (non-hydrogen) atoms. The van der Waals surface area contributed by atoms with Gasteiger partial charge in [0.1, 0.15) is 38.3 Å². The number of ether oxygens (including phenoxy) is 2. The Bertz CT molecular complexity index is 3010. The van der Waals surface area contributed by atoms with E-state index in [1.165, 1.54) is 21.2 Å². The quantitative estimate of drug-likeness (QED) is 0.0509. The molecule has 2 atom stereocenters. The van der Waals surface area contributed by atoms with Crippen LogP contribution in [0.1, 0.15) is 59.1 Å². The summed E-state index contributed by atoms with van der Waals surface area (Å²) in [6.07, 6.45) is 8.37. The van der Waals surface area contributed by atoms with Gasteiger partial charge in [-0.3, -0.25) is 9.98 Å². The minimum Gasteiger partial charge on any atom is -0.507 e. The summed E-state index contributed by atoms with van der Waals surface area (Å²) in [5.74, 6) is 0.348. The summed E-state index contributed by atoms with van der Waals surface area (Å²) < 4.78 is 18.4. The van der Waals surface area contributed by atoms with E-state index < -0.39 is 14.1 Å². The van der Waals surface area contributed by atoms with Crippen molar-refractivity contribution in [3.05, 3.63) is 247 Å². The number of aromatic hydroxyl groups is 2. The van der Waals surface area contributed by atoms with Crippen molar-refractivity contribution < 1.29 is 45.1 Å². The van der Waals surface area contributed by atoms with Gasteiger partial charge >= 0.3 is 0 Å². The van der Waals surface area contributed by atoms with Crippen LogP contribution in [0, 0.1) is 21.3 Å². The van der Waals surface area contributed by atoms with Crippen LogP contribution in [0.4, 0.5) is 11.4 Å². The van der Waals surface area contributed by atoms with E-state index in [0.29, 0.717) is 23.8 Å². The number of hydrogen-bond donors (Lipinski definition) is 2. The van der Waals surface area contributed by atoms with Crippen molar-refractivity contribution in [3.63, 3.8) is 0 Å². The molecule has 1 fully saturated rings. The Morgan fingerprint density at radius 1 is 0.474 bits per heavy atom. The van der Waals surface area contributed by atoms with Crippen LogP contribution in [0.3, 0.4) is 0 Å². The maximum absolute atomic E-state index is 11.9. The van der Waals surface area contributed by atoms with Gasteiger partial charge in [-0.25, -0.2) is 8.66 Å². The Balaban J connectivity index is 0.00000420. The molecule has 0 heterocycles. The van der Waals surface area contributed by atoms with Crippen molar-refractivity contribution in [2.75, 3.05) is 26.8 Å². The number of nitrogens with zero attached hydrogens (tertiary/aromatic N) is 4. The van der Waals surface area contributed by atoms with E-state index >= 15 is 0 Å². The van der Waals surface area contributed by atoms with E-state index in [1.807, 2.05) is 62.7 Å². The Kier molecular flexibility index (Phi) is 20.4. The Hall–Kier alpha value is -6.41. The van der Waals surface area contributed by atoms with Crippen LogP contribution in [-0.4, -0.2) is 70.2 Å². The van der Waals surface area contributed by atoms with Gasteiger partial charge in [-0.05, 0) is 98.5 Å². The van der Waals surface area contributed by atoms with Gasteiger partial charge in [0.15, 0.2) is 14.1 Å². The molecule has 0 aromatic heterocycles. The maximum Gasteiger partial charge on any atom is 0.200 e. The predicted octanol–water partition coefficient (Wildman–Crippen LogP) is 13.6. The van der Waals surface area contributed by atoms with Gasteiger partial charge < -0.3 is 27.1 Å². The summed E-state index contributed by atoms with van der Waals surface area (Å²) in [7, 11) is -0.353. The first-order chi connectivity index (χ1) is 36.2. The summed E-state index contributed by atoms with van der Waals surface area (Å²) >= 11 is 0. The molecule has 0 bridgehead atoms. The molecule has 0 spiro atoms. The molecule has 1 aliphatic rings.